The van der Waals surface area contributed by atoms with Gasteiger partial charge in [-0.05, 0) is 125 Å². The molecule has 0 fully saturated rings. The maximum absolute atomic E-state index is 12.7. The molecular weight excluding hydrogens is 986 g/mol. The number of benzene rings is 6. The zero-order chi connectivity index (χ0) is 50.2. The molecule has 0 atom stereocenters. The number of aromatic hydroxyl groups is 1. The van der Waals surface area contributed by atoms with Crippen molar-refractivity contribution in [2.24, 2.45) is 0 Å². The van der Waals surface area contributed by atoms with E-state index < -0.39 is 6.04 Å². The van der Waals surface area contributed by atoms with Crippen LogP contribution < -0.4 is 0 Å². The fourth-order valence-electron chi connectivity index (χ4n) is 9.65. The van der Waals surface area contributed by atoms with Crippen molar-refractivity contribution in [2.45, 2.75) is 124 Å². The van der Waals surface area contributed by atoms with E-state index in [4.69, 9.17) is 16.8 Å². The molecule has 0 aliphatic carbocycles. The van der Waals surface area contributed by atoms with E-state index in [2.05, 4.69) is 164 Å². The van der Waals surface area contributed by atoms with Crippen LogP contribution in [0.15, 0.2) is 140 Å². The summed E-state index contributed by atoms with van der Waals surface area (Å²) in [5.41, 5.74) is 13.2. The van der Waals surface area contributed by atoms with Crippen LogP contribution in [0.2, 0.25) is 0 Å². The van der Waals surface area contributed by atoms with Crippen LogP contribution in [-0.4, -0.2) is 19.6 Å². The third kappa shape index (κ3) is 9.63. The molecule has 0 saturated heterocycles. The van der Waals surface area contributed by atoms with Crippen LogP contribution in [0.4, 0.5) is 0 Å². The zero-order valence-corrected chi connectivity index (χ0v) is 42.2. The molecule has 0 unspecified atom stereocenters. The first-order valence-electron chi connectivity index (χ1n) is 26.3. The van der Waals surface area contributed by atoms with E-state index in [0.717, 1.165) is 88.6 Å². The summed E-state index contributed by atoms with van der Waals surface area (Å²) >= 11 is 0. The van der Waals surface area contributed by atoms with Crippen molar-refractivity contribution in [3.63, 3.8) is 0 Å². The molecule has 8 rings (SSSR count). The monoisotopic (exact) mass is 1060 g/mol. The molecule has 6 aromatic carbocycles. The Bertz CT molecular complexity index is 3170. The van der Waals surface area contributed by atoms with E-state index in [0.29, 0.717) is 40.0 Å². The van der Waals surface area contributed by atoms with Crippen LogP contribution in [0, 0.1) is 6.07 Å². The van der Waals surface area contributed by atoms with Gasteiger partial charge < -0.3 is 5.11 Å². The standard InChI is InChI=1S/C61H66N3O.Pt/c1-10-40(11-2)45-29-30-56(52(36-45)44-25-20-17-21-26-44)64-57-28-22-27-51(58(57)63-60(64)54-38-47(41(12-3)13-4)37-53(59(54)65)42(14-5)15-6)48-33-49(35-50(34-48)61(7,8)9)55-39-46(31-32-62-55)43-23-18-16-19-24-43;/h16-32,34-42,65H,10-15H2,1-9H3;/q-1;/i16D,18D,19D,23D,24D;. The van der Waals surface area contributed by atoms with Gasteiger partial charge in [0.05, 0.1) is 29.1 Å². The Labute approximate surface area is 415 Å². The summed E-state index contributed by atoms with van der Waals surface area (Å²) in [6.45, 7) is 19.9. The first-order valence-corrected chi connectivity index (χ1v) is 23.8. The predicted octanol–water partition coefficient (Wildman–Crippen LogP) is 17.3. The maximum Gasteiger partial charge on any atom is 0.148 e. The molecule has 0 aliphatic heterocycles. The van der Waals surface area contributed by atoms with Crippen molar-refractivity contribution >= 4 is 11.0 Å². The van der Waals surface area contributed by atoms with Gasteiger partial charge in [0.15, 0.2) is 0 Å². The molecule has 2 heterocycles. The number of rotatable bonds is 15. The molecule has 5 heteroatoms. The molecular formula is C61H66N3OPt-. The Kier molecular flexibility index (Phi) is 13.3. The number of aromatic nitrogens is 3. The second-order valence-corrected chi connectivity index (χ2v) is 18.5. The van der Waals surface area contributed by atoms with Gasteiger partial charge in [0, 0.05) is 38.5 Å². The van der Waals surface area contributed by atoms with Gasteiger partial charge in [-0.3, -0.25) is 9.55 Å². The van der Waals surface area contributed by atoms with Crippen molar-refractivity contribution in [1.82, 2.24) is 14.5 Å². The second-order valence-electron chi connectivity index (χ2n) is 18.5. The summed E-state index contributed by atoms with van der Waals surface area (Å²) in [6, 6.07) is 37.9. The Morgan fingerprint density at radius 1 is 0.621 bits per heavy atom. The van der Waals surface area contributed by atoms with Crippen molar-refractivity contribution in [3.8, 4) is 67.5 Å². The largest absolute Gasteiger partial charge is 0.507 e. The molecule has 0 saturated carbocycles. The molecule has 0 amide bonds. The van der Waals surface area contributed by atoms with Crippen LogP contribution in [-0.2, 0) is 26.5 Å². The molecule has 0 bridgehead atoms. The van der Waals surface area contributed by atoms with Crippen molar-refractivity contribution in [2.75, 3.05) is 0 Å². The summed E-state index contributed by atoms with van der Waals surface area (Å²) in [7, 11) is 0. The Morgan fingerprint density at radius 3 is 1.94 bits per heavy atom. The van der Waals surface area contributed by atoms with Gasteiger partial charge in [-0.1, -0.05) is 164 Å². The number of imidazole rings is 1. The number of phenolic OH excluding ortho intramolecular Hbond substituents is 1. The van der Waals surface area contributed by atoms with Gasteiger partial charge >= 0.3 is 0 Å². The number of fused-ring (bicyclic) bond motifs is 1. The smallest absolute Gasteiger partial charge is 0.148 e. The normalized spacial score (nSPS) is 12.9. The molecule has 0 aliphatic rings. The first kappa shape index (κ1) is 41.8. The minimum Gasteiger partial charge on any atom is -0.507 e. The quantitative estimate of drug-likeness (QED) is 0.104. The molecule has 66 heavy (non-hydrogen) atoms. The maximum atomic E-state index is 12.7. The predicted molar refractivity (Wildman–Crippen MR) is 275 cm³/mol. The minimum atomic E-state index is -0.431. The van der Waals surface area contributed by atoms with Crippen LogP contribution in [0.25, 0.3) is 72.7 Å². The van der Waals surface area contributed by atoms with E-state index in [1.54, 1.807) is 18.3 Å². The molecule has 0 spiro atoms. The van der Waals surface area contributed by atoms with Crippen molar-refractivity contribution in [1.29, 1.82) is 0 Å². The van der Waals surface area contributed by atoms with Crippen molar-refractivity contribution < 1.29 is 33.0 Å². The molecule has 342 valence electrons. The van der Waals surface area contributed by atoms with E-state index in [1.807, 2.05) is 0 Å². The van der Waals surface area contributed by atoms with Gasteiger partial charge in [-0.25, -0.2) is 4.98 Å². The van der Waals surface area contributed by atoms with E-state index in [9.17, 15) is 5.11 Å². The van der Waals surface area contributed by atoms with Crippen LogP contribution in [0.1, 0.15) is 148 Å². The Morgan fingerprint density at radius 2 is 1.27 bits per heavy atom. The van der Waals surface area contributed by atoms with E-state index in [1.165, 1.54) is 11.1 Å². The van der Waals surface area contributed by atoms with E-state index >= 15 is 0 Å². The van der Waals surface area contributed by atoms with E-state index in [-0.39, 0.29) is 67.9 Å². The van der Waals surface area contributed by atoms with Crippen LogP contribution >= 0.6 is 0 Å². The summed E-state index contributed by atoms with van der Waals surface area (Å²) < 4.78 is 44.6. The summed E-state index contributed by atoms with van der Waals surface area (Å²) in [6.07, 6.45) is 7.42. The molecule has 0 radical (unpaired) electrons. The van der Waals surface area contributed by atoms with Crippen LogP contribution in [0.5, 0.6) is 5.75 Å². The minimum absolute atomic E-state index is 0. The molecule has 2 aromatic heterocycles. The number of phenols is 1. The fourth-order valence-corrected chi connectivity index (χ4v) is 9.65. The summed E-state index contributed by atoms with van der Waals surface area (Å²) in [4.78, 5) is 10.5. The number of pyridine rings is 1. The summed E-state index contributed by atoms with van der Waals surface area (Å²) in [5, 5.41) is 12.7. The zero-order valence-electron chi connectivity index (χ0n) is 45.0. The SMILES string of the molecule is [2H]c1c([2H])c([2H])c(-c2ccnc(-c3[c-]c(-c4cccc5c4nc(-c4cc(C(CC)CC)cc(C(CC)CC)c4O)n5-c4ccc(C(CC)CC)cc4-c4ccccc4)cc(C(C)(C)C)c3)c2)c([2H])c1[2H].[Pt]. The fraction of sp³-hybridized carbons (Fsp3) is 0.311. The summed E-state index contributed by atoms with van der Waals surface area (Å²) in [5.74, 6) is 1.80. The Balaban J connectivity index is 0.00000741. The van der Waals surface area contributed by atoms with Gasteiger partial charge in [-0.15, -0.1) is 29.3 Å². The Hall–Kier alpha value is -5.57. The van der Waals surface area contributed by atoms with Gasteiger partial charge in [0.2, 0.25) is 0 Å². The van der Waals surface area contributed by atoms with Gasteiger partial charge in [-0.2, -0.15) is 0 Å². The third-order valence-corrected chi connectivity index (χ3v) is 13.6. The molecule has 1 N–H and O–H groups in total. The van der Waals surface area contributed by atoms with Crippen molar-refractivity contribution in [3.05, 3.63) is 168 Å². The number of hydrogen-bond donors (Lipinski definition) is 1. The van der Waals surface area contributed by atoms with Gasteiger partial charge in [0.1, 0.15) is 11.6 Å². The third-order valence-electron chi connectivity index (χ3n) is 13.6. The number of para-hydroxylation sites is 1. The average molecular weight is 1060 g/mol. The average Bonchev–Trinajstić information content (AvgIpc) is 3.76. The van der Waals surface area contributed by atoms with Gasteiger partial charge in [0.25, 0.3) is 0 Å². The number of hydrogen-bond acceptors (Lipinski definition) is 3. The first-order chi connectivity index (χ1) is 33.6. The van der Waals surface area contributed by atoms with Crippen LogP contribution in [0.3, 0.4) is 0 Å². The topological polar surface area (TPSA) is 50.9 Å². The number of nitrogens with zero attached hydrogens (tertiary/aromatic N) is 3. The molecule has 8 aromatic rings. The second kappa shape index (κ2) is 20.9. The molecule has 4 nitrogen and oxygen atoms in total.